The summed E-state index contributed by atoms with van der Waals surface area (Å²) >= 11 is 0. The number of amides is 1. The van der Waals surface area contributed by atoms with Crippen LogP contribution in [0.25, 0.3) is 0 Å². The minimum absolute atomic E-state index is 0.0311. The summed E-state index contributed by atoms with van der Waals surface area (Å²) in [6, 6.07) is 13.6. The number of nitrogens with one attached hydrogen (secondary N) is 1. The lowest BCUT2D eigenvalue weighted by Crippen LogP contribution is -2.38. The first-order valence-electron chi connectivity index (χ1n) is 8.39. The van der Waals surface area contributed by atoms with Crippen molar-refractivity contribution in [3.63, 3.8) is 0 Å². The number of carbonyl (C=O) groups excluding carboxylic acids is 1. The highest BCUT2D eigenvalue weighted by molar-refractivity contribution is 5.94. The maximum absolute atomic E-state index is 13.1. The van der Waals surface area contributed by atoms with Crippen LogP contribution >= 0.6 is 0 Å². The minimum atomic E-state index is -0.232. The Morgan fingerprint density at radius 2 is 1.92 bits per heavy atom. The Bertz CT molecular complexity index is 815. The molecule has 5 heteroatoms. The van der Waals surface area contributed by atoms with Gasteiger partial charge in [0, 0.05) is 38.8 Å². The monoisotopic (exact) mass is 323 g/mol. The van der Waals surface area contributed by atoms with Crippen molar-refractivity contribution in [1.82, 2.24) is 14.8 Å². The predicted molar refractivity (Wildman–Crippen MR) is 91.8 cm³/mol. The van der Waals surface area contributed by atoms with Crippen molar-refractivity contribution in [1.29, 1.82) is 0 Å². The zero-order chi connectivity index (χ0) is 16.7. The number of likely N-dealkylation sites (tertiary alicyclic amines) is 1. The molecule has 4 rings (SSSR count). The van der Waals surface area contributed by atoms with Crippen LogP contribution in [0.1, 0.15) is 22.0 Å². The van der Waals surface area contributed by atoms with Crippen molar-refractivity contribution in [2.75, 3.05) is 19.6 Å². The highest BCUT2D eigenvalue weighted by atomic mass is 16.2. The van der Waals surface area contributed by atoms with Gasteiger partial charge in [-0.3, -0.25) is 9.59 Å². The third kappa shape index (κ3) is 2.36. The van der Waals surface area contributed by atoms with Gasteiger partial charge in [-0.15, -0.1) is 0 Å². The van der Waals surface area contributed by atoms with E-state index < -0.39 is 0 Å². The average Bonchev–Trinajstić information content (AvgIpc) is 3.18. The topological polar surface area (TPSA) is 54.3 Å². The summed E-state index contributed by atoms with van der Waals surface area (Å²) in [5.74, 6) is 0.704. The summed E-state index contributed by atoms with van der Waals surface area (Å²) in [6.07, 6.45) is 1.68. The molecule has 3 atom stereocenters. The highest BCUT2D eigenvalue weighted by Gasteiger charge is 2.47. The van der Waals surface area contributed by atoms with Gasteiger partial charge in [-0.25, -0.2) is 0 Å². The first kappa shape index (κ1) is 15.1. The Labute approximate surface area is 140 Å². The van der Waals surface area contributed by atoms with Gasteiger partial charge in [0.15, 0.2) is 0 Å². The van der Waals surface area contributed by atoms with E-state index in [9.17, 15) is 9.59 Å². The van der Waals surface area contributed by atoms with E-state index in [0.29, 0.717) is 18.4 Å². The predicted octanol–water partition coefficient (Wildman–Crippen LogP) is 1.42. The quantitative estimate of drug-likeness (QED) is 0.909. The third-order valence-electron chi connectivity index (χ3n) is 5.32. The molecule has 1 N–H and O–H groups in total. The van der Waals surface area contributed by atoms with Crippen LogP contribution in [0.2, 0.25) is 0 Å². The fraction of sp³-hybridized carbons (Fsp3) is 0.368. The van der Waals surface area contributed by atoms with Crippen molar-refractivity contribution in [2.45, 2.75) is 6.04 Å². The number of aryl methyl sites for hydroxylation is 1. The van der Waals surface area contributed by atoms with Gasteiger partial charge in [0.2, 0.25) is 0 Å². The molecule has 0 radical (unpaired) electrons. The van der Waals surface area contributed by atoms with Crippen molar-refractivity contribution in [2.24, 2.45) is 18.9 Å². The number of hydrogen-bond donors (Lipinski definition) is 1. The molecule has 0 bridgehead atoms. The molecule has 2 fully saturated rings. The van der Waals surface area contributed by atoms with Crippen LogP contribution in [0.15, 0.2) is 53.5 Å². The highest BCUT2D eigenvalue weighted by Crippen LogP contribution is 2.42. The standard InChI is InChI=1S/C19H21N3O2/c1-21-9-5-8-15(18(21)23)19(24)22-12-14-10-20-11-16(14)17(22)13-6-3-2-4-7-13/h2-9,14,16-17,20H,10-12H2,1H3/t14-,16-,17+/m0/s1. The first-order chi connectivity index (χ1) is 11.7. The number of rotatable bonds is 2. The number of fused-ring (bicyclic) bond motifs is 1. The number of aromatic nitrogens is 1. The lowest BCUT2D eigenvalue weighted by Gasteiger charge is -2.28. The minimum Gasteiger partial charge on any atom is -0.331 e. The Balaban J connectivity index is 1.74. The van der Waals surface area contributed by atoms with Gasteiger partial charge in [-0.2, -0.15) is 0 Å². The van der Waals surface area contributed by atoms with E-state index in [4.69, 9.17) is 0 Å². The summed E-state index contributed by atoms with van der Waals surface area (Å²) in [5.41, 5.74) is 1.17. The molecule has 3 heterocycles. The summed E-state index contributed by atoms with van der Waals surface area (Å²) < 4.78 is 1.46. The fourth-order valence-corrected chi connectivity index (χ4v) is 4.12. The lowest BCUT2D eigenvalue weighted by atomic mass is 9.89. The average molecular weight is 323 g/mol. The Morgan fingerprint density at radius 1 is 1.12 bits per heavy atom. The second kappa shape index (κ2) is 5.91. The molecule has 0 saturated carbocycles. The van der Waals surface area contributed by atoms with Gasteiger partial charge in [-0.05, 0) is 23.6 Å². The summed E-state index contributed by atoms with van der Waals surface area (Å²) in [7, 11) is 1.68. The molecule has 2 aliphatic heterocycles. The molecular formula is C19H21N3O2. The number of carbonyl (C=O) groups is 1. The first-order valence-corrected chi connectivity index (χ1v) is 8.39. The van der Waals surface area contributed by atoms with Crippen molar-refractivity contribution < 1.29 is 4.79 Å². The molecule has 1 aromatic carbocycles. The normalized spacial score (nSPS) is 25.7. The Kier molecular flexibility index (Phi) is 3.73. The van der Waals surface area contributed by atoms with E-state index >= 15 is 0 Å². The van der Waals surface area contributed by atoms with Crippen molar-refractivity contribution >= 4 is 5.91 Å². The maximum Gasteiger partial charge on any atom is 0.263 e. The molecule has 5 nitrogen and oxygen atoms in total. The van der Waals surface area contributed by atoms with E-state index in [1.165, 1.54) is 4.57 Å². The van der Waals surface area contributed by atoms with Gasteiger partial charge in [0.1, 0.15) is 5.56 Å². The van der Waals surface area contributed by atoms with Crippen LogP contribution in [0.4, 0.5) is 0 Å². The molecule has 1 aromatic heterocycles. The van der Waals surface area contributed by atoms with Gasteiger partial charge in [-0.1, -0.05) is 30.3 Å². The van der Waals surface area contributed by atoms with E-state index in [1.807, 2.05) is 23.1 Å². The second-order valence-corrected chi connectivity index (χ2v) is 6.73. The molecule has 2 aromatic rings. The number of nitrogens with zero attached hydrogens (tertiary/aromatic N) is 2. The van der Waals surface area contributed by atoms with Crippen molar-refractivity contribution in [3.8, 4) is 0 Å². The van der Waals surface area contributed by atoms with Crippen LogP contribution < -0.4 is 10.9 Å². The smallest absolute Gasteiger partial charge is 0.263 e. The molecule has 1 amide bonds. The molecule has 0 spiro atoms. The molecule has 0 aliphatic carbocycles. The van der Waals surface area contributed by atoms with E-state index in [2.05, 4.69) is 17.4 Å². The molecule has 124 valence electrons. The van der Waals surface area contributed by atoms with Crippen LogP contribution in [-0.2, 0) is 7.05 Å². The van der Waals surface area contributed by atoms with Gasteiger partial charge < -0.3 is 14.8 Å². The lowest BCUT2D eigenvalue weighted by molar-refractivity contribution is 0.0711. The van der Waals surface area contributed by atoms with Gasteiger partial charge in [0.05, 0.1) is 6.04 Å². The van der Waals surface area contributed by atoms with E-state index in [-0.39, 0.29) is 23.1 Å². The number of pyridine rings is 1. The largest absolute Gasteiger partial charge is 0.331 e. The van der Waals surface area contributed by atoms with E-state index in [0.717, 1.165) is 18.7 Å². The maximum atomic E-state index is 13.1. The Hall–Kier alpha value is -2.40. The zero-order valence-corrected chi connectivity index (χ0v) is 13.7. The summed E-state index contributed by atoms with van der Waals surface area (Å²) in [5, 5.41) is 3.44. The van der Waals surface area contributed by atoms with Gasteiger partial charge in [0.25, 0.3) is 11.5 Å². The molecule has 2 saturated heterocycles. The third-order valence-corrected chi connectivity index (χ3v) is 5.32. The molecule has 2 aliphatic rings. The molecular weight excluding hydrogens is 302 g/mol. The Morgan fingerprint density at radius 3 is 2.71 bits per heavy atom. The second-order valence-electron chi connectivity index (χ2n) is 6.73. The van der Waals surface area contributed by atoms with Crippen LogP contribution in [0.3, 0.4) is 0 Å². The van der Waals surface area contributed by atoms with Crippen LogP contribution in [-0.4, -0.2) is 35.0 Å². The summed E-state index contributed by atoms with van der Waals surface area (Å²) in [4.78, 5) is 27.4. The van der Waals surface area contributed by atoms with Crippen molar-refractivity contribution in [3.05, 3.63) is 70.1 Å². The zero-order valence-electron chi connectivity index (χ0n) is 13.7. The van der Waals surface area contributed by atoms with Crippen LogP contribution in [0, 0.1) is 11.8 Å². The fourth-order valence-electron chi connectivity index (χ4n) is 4.12. The van der Waals surface area contributed by atoms with Gasteiger partial charge >= 0.3 is 0 Å². The van der Waals surface area contributed by atoms with Crippen LogP contribution in [0.5, 0.6) is 0 Å². The SMILES string of the molecule is Cn1cccc(C(=O)N2C[C@@H]3CNC[C@@H]3[C@H]2c2ccccc2)c1=O. The molecule has 0 unspecified atom stereocenters. The molecule has 24 heavy (non-hydrogen) atoms. The number of benzene rings is 1. The number of hydrogen-bond acceptors (Lipinski definition) is 3. The summed E-state index contributed by atoms with van der Waals surface area (Å²) in [6.45, 7) is 2.56. The van der Waals surface area contributed by atoms with E-state index in [1.54, 1.807) is 25.4 Å².